The number of ether oxygens (including phenoxy) is 1. The molecule has 1 N–H and O–H groups in total. The first-order valence-electron chi connectivity index (χ1n) is 5.64. The molecule has 0 bridgehead atoms. The molecule has 0 saturated carbocycles. The Hall–Kier alpha value is -1.62. The summed E-state index contributed by atoms with van der Waals surface area (Å²) in [6.07, 6.45) is 3.20. The summed E-state index contributed by atoms with van der Waals surface area (Å²) in [5, 5.41) is 3.04. The summed E-state index contributed by atoms with van der Waals surface area (Å²) >= 11 is 0. The van der Waals surface area contributed by atoms with Crippen molar-refractivity contribution in [2.45, 2.75) is 19.1 Å². The van der Waals surface area contributed by atoms with Gasteiger partial charge in [0.15, 0.2) is 0 Å². The van der Waals surface area contributed by atoms with Gasteiger partial charge in [0.1, 0.15) is 5.60 Å². The maximum Gasteiger partial charge on any atom is 0.410 e. The van der Waals surface area contributed by atoms with Crippen molar-refractivity contribution in [3.05, 3.63) is 30.1 Å². The van der Waals surface area contributed by atoms with Gasteiger partial charge >= 0.3 is 6.09 Å². The normalized spacial score (nSPS) is 23.9. The Morgan fingerprint density at radius 1 is 1.53 bits per heavy atom. The maximum atomic E-state index is 11.7. The number of nitrogens with one attached hydrogen (secondary N) is 1. The summed E-state index contributed by atoms with van der Waals surface area (Å²) < 4.78 is 5.38. The van der Waals surface area contributed by atoms with Crippen LogP contribution in [-0.2, 0) is 11.3 Å². The van der Waals surface area contributed by atoms with E-state index in [0.717, 1.165) is 5.56 Å². The van der Waals surface area contributed by atoms with Crippen LogP contribution in [0.2, 0.25) is 0 Å². The van der Waals surface area contributed by atoms with Crippen LogP contribution < -0.4 is 5.32 Å². The van der Waals surface area contributed by atoms with Crippen LogP contribution in [0.4, 0.5) is 4.79 Å². The molecule has 0 aliphatic carbocycles. The number of hydrogen-bond donors (Lipinski definition) is 1. The van der Waals surface area contributed by atoms with Crippen molar-refractivity contribution in [1.82, 2.24) is 15.2 Å². The number of aromatic nitrogens is 1. The lowest BCUT2D eigenvalue weighted by atomic mass is 10.1. The molecule has 1 aromatic rings. The van der Waals surface area contributed by atoms with Crippen molar-refractivity contribution < 1.29 is 9.53 Å². The van der Waals surface area contributed by atoms with Crippen molar-refractivity contribution in [2.24, 2.45) is 0 Å². The lowest BCUT2D eigenvalue weighted by molar-refractivity contribution is 0.0729. The number of carbonyl (C=O) groups is 1. The lowest BCUT2D eigenvalue weighted by Gasteiger charge is -2.21. The number of hydrogen-bond acceptors (Lipinski definition) is 4. The van der Waals surface area contributed by atoms with E-state index in [2.05, 4.69) is 10.3 Å². The fraction of sp³-hybridized carbons (Fsp3) is 0.500. The number of cyclic esters (lactones) is 1. The Labute approximate surface area is 101 Å². The third-order valence-electron chi connectivity index (χ3n) is 2.79. The average molecular weight is 235 g/mol. The minimum Gasteiger partial charge on any atom is -0.440 e. The molecule has 1 aliphatic rings. The highest BCUT2D eigenvalue weighted by Gasteiger charge is 2.40. The third kappa shape index (κ3) is 2.74. The topological polar surface area (TPSA) is 54.5 Å². The molecular formula is C12H17N3O2. The van der Waals surface area contributed by atoms with Crippen molar-refractivity contribution >= 4 is 6.09 Å². The van der Waals surface area contributed by atoms with E-state index in [1.807, 2.05) is 26.1 Å². The van der Waals surface area contributed by atoms with E-state index in [1.54, 1.807) is 17.3 Å². The summed E-state index contributed by atoms with van der Waals surface area (Å²) in [7, 11) is 1.85. The lowest BCUT2D eigenvalue weighted by Crippen LogP contribution is -2.40. The van der Waals surface area contributed by atoms with Crippen LogP contribution in [0, 0.1) is 0 Å². The monoisotopic (exact) mass is 235 g/mol. The Kier molecular flexibility index (Phi) is 3.28. The van der Waals surface area contributed by atoms with Crippen molar-refractivity contribution in [3.8, 4) is 0 Å². The summed E-state index contributed by atoms with van der Waals surface area (Å²) in [4.78, 5) is 17.4. The summed E-state index contributed by atoms with van der Waals surface area (Å²) in [5.41, 5.74) is 0.629. The highest BCUT2D eigenvalue weighted by Crippen LogP contribution is 2.23. The molecule has 5 nitrogen and oxygen atoms in total. The standard InChI is InChI=1S/C12H17N3O2/c1-12(8-13-2)9-15(11(16)17-12)7-10-3-5-14-6-4-10/h3-6,13H,7-9H2,1-2H3. The Morgan fingerprint density at radius 3 is 2.88 bits per heavy atom. The van der Waals surface area contributed by atoms with E-state index in [0.29, 0.717) is 19.6 Å². The Balaban J connectivity index is 2.02. The van der Waals surface area contributed by atoms with E-state index < -0.39 is 5.60 Å². The van der Waals surface area contributed by atoms with Gasteiger partial charge in [-0.15, -0.1) is 0 Å². The summed E-state index contributed by atoms with van der Waals surface area (Å²) in [6.45, 7) is 3.77. The first-order chi connectivity index (χ1) is 8.13. The molecule has 5 heteroatoms. The van der Waals surface area contributed by atoms with Crippen LogP contribution in [0.1, 0.15) is 12.5 Å². The predicted octanol–water partition coefficient (Wildman–Crippen LogP) is 1.01. The first kappa shape index (κ1) is 11.9. The fourth-order valence-corrected chi connectivity index (χ4v) is 2.07. The largest absolute Gasteiger partial charge is 0.440 e. The van der Waals surface area contributed by atoms with Crippen LogP contribution in [0.3, 0.4) is 0 Å². The van der Waals surface area contributed by atoms with Gasteiger partial charge in [-0.3, -0.25) is 9.88 Å². The van der Waals surface area contributed by atoms with E-state index in [-0.39, 0.29) is 6.09 Å². The minimum atomic E-state index is -0.432. The van der Waals surface area contributed by atoms with Gasteiger partial charge in [-0.1, -0.05) is 0 Å². The van der Waals surface area contributed by atoms with E-state index in [4.69, 9.17) is 4.74 Å². The second kappa shape index (κ2) is 4.71. The molecule has 1 saturated heterocycles. The number of carbonyl (C=O) groups excluding carboxylic acids is 1. The minimum absolute atomic E-state index is 0.250. The highest BCUT2D eigenvalue weighted by atomic mass is 16.6. The third-order valence-corrected chi connectivity index (χ3v) is 2.79. The van der Waals surface area contributed by atoms with Gasteiger partial charge in [-0.25, -0.2) is 4.79 Å². The van der Waals surface area contributed by atoms with E-state index in [1.165, 1.54) is 0 Å². The highest BCUT2D eigenvalue weighted by molar-refractivity contribution is 5.70. The molecule has 0 aromatic carbocycles. The second-order valence-electron chi connectivity index (χ2n) is 4.56. The van der Waals surface area contributed by atoms with E-state index in [9.17, 15) is 4.79 Å². The number of likely N-dealkylation sites (N-methyl/N-ethyl adjacent to an activating group) is 1. The molecule has 1 fully saturated rings. The van der Waals surface area contributed by atoms with Crippen molar-refractivity contribution in [3.63, 3.8) is 0 Å². The number of rotatable bonds is 4. The number of pyridine rings is 1. The molecule has 1 amide bonds. The second-order valence-corrected chi connectivity index (χ2v) is 4.56. The van der Waals surface area contributed by atoms with Crippen molar-refractivity contribution in [2.75, 3.05) is 20.1 Å². The SMILES string of the molecule is CNCC1(C)CN(Cc2ccncc2)C(=O)O1. The molecule has 0 spiro atoms. The van der Waals surface area contributed by atoms with Crippen LogP contribution in [0.25, 0.3) is 0 Å². The van der Waals surface area contributed by atoms with Crippen molar-refractivity contribution in [1.29, 1.82) is 0 Å². The fourth-order valence-electron chi connectivity index (χ4n) is 2.07. The molecule has 2 rings (SSSR count). The molecule has 17 heavy (non-hydrogen) atoms. The molecule has 2 heterocycles. The summed E-state index contributed by atoms with van der Waals surface area (Å²) in [5.74, 6) is 0. The Bertz CT molecular complexity index is 396. The van der Waals surface area contributed by atoms with Crippen LogP contribution in [0.15, 0.2) is 24.5 Å². The van der Waals surface area contributed by atoms with Gasteiger partial charge in [-0.2, -0.15) is 0 Å². The molecule has 1 unspecified atom stereocenters. The van der Waals surface area contributed by atoms with Gasteiger partial charge in [0, 0.05) is 25.5 Å². The average Bonchev–Trinajstić information content (AvgIpc) is 2.56. The molecule has 92 valence electrons. The zero-order valence-electron chi connectivity index (χ0n) is 10.1. The molecule has 1 aromatic heterocycles. The molecule has 1 atom stereocenters. The first-order valence-corrected chi connectivity index (χ1v) is 5.64. The van der Waals surface area contributed by atoms with Crippen LogP contribution in [0.5, 0.6) is 0 Å². The maximum absolute atomic E-state index is 11.7. The zero-order chi connectivity index (χ0) is 12.3. The van der Waals surface area contributed by atoms with E-state index >= 15 is 0 Å². The van der Waals surface area contributed by atoms with Crippen LogP contribution >= 0.6 is 0 Å². The van der Waals surface area contributed by atoms with Gasteiger partial charge in [0.25, 0.3) is 0 Å². The predicted molar refractivity (Wildman–Crippen MR) is 63.5 cm³/mol. The number of amides is 1. The summed E-state index contributed by atoms with van der Waals surface area (Å²) in [6, 6.07) is 3.81. The van der Waals surface area contributed by atoms with Gasteiger partial charge in [0.2, 0.25) is 0 Å². The Morgan fingerprint density at radius 2 is 2.24 bits per heavy atom. The quantitative estimate of drug-likeness (QED) is 0.846. The molecular weight excluding hydrogens is 218 g/mol. The number of nitrogens with zero attached hydrogens (tertiary/aromatic N) is 2. The zero-order valence-corrected chi connectivity index (χ0v) is 10.1. The smallest absolute Gasteiger partial charge is 0.410 e. The van der Waals surface area contributed by atoms with Crippen LogP contribution in [-0.4, -0.2) is 41.7 Å². The molecule has 1 aliphatic heterocycles. The molecule has 0 radical (unpaired) electrons. The van der Waals surface area contributed by atoms with Gasteiger partial charge in [-0.05, 0) is 31.7 Å². The van der Waals surface area contributed by atoms with Gasteiger partial charge < -0.3 is 10.1 Å². The van der Waals surface area contributed by atoms with Gasteiger partial charge in [0.05, 0.1) is 6.54 Å².